The van der Waals surface area contributed by atoms with Crippen molar-refractivity contribution in [1.82, 2.24) is 8.94 Å². The van der Waals surface area contributed by atoms with Crippen LogP contribution in [0.3, 0.4) is 0 Å². The molecule has 0 atom stereocenters. The molecule has 7 nitrogen and oxygen atoms in total. The van der Waals surface area contributed by atoms with Crippen LogP contribution in [0.2, 0.25) is 0 Å². The van der Waals surface area contributed by atoms with Gasteiger partial charge in [-0.3, -0.25) is 4.72 Å². The minimum Gasteiger partial charge on any atom is -0.478 e. The summed E-state index contributed by atoms with van der Waals surface area (Å²) in [5.41, 5.74) is 1.15. The first kappa shape index (κ1) is 21.4. The van der Waals surface area contributed by atoms with E-state index in [1.165, 1.54) is 24.3 Å². The average molecular weight is 484 g/mol. The van der Waals surface area contributed by atoms with Crippen LogP contribution in [0.15, 0.2) is 72.0 Å². The molecule has 0 aliphatic heterocycles. The van der Waals surface area contributed by atoms with Crippen molar-refractivity contribution in [2.45, 2.75) is 23.7 Å². The summed E-state index contributed by atoms with van der Waals surface area (Å²) in [6.45, 7) is 0. The molecule has 0 saturated heterocycles. The molecule has 0 spiro atoms. The number of aromatic carboxylic acids is 1. The van der Waals surface area contributed by atoms with Gasteiger partial charge in [-0.25, -0.2) is 22.0 Å². The molecule has 2 aromatic carbocycles. The van der Waals surface area contributed by atoms with Gasteiger partial charge in [-0.2, -0.15) is 0 Å². The van der Waals surface area contributed by atoms with Gasteiger partial charge in [0, 0.05) is 30.2 Å². The van der Waals surface area contributed by atoms with Crippen molar-refractivity contribution >= 4 is 33.2 Å². The van der Waals surface area contributed by atoms with Gasteiger partial charge in [-0.05, 0) is 72.3 Å². The third-order valence-corrected chi connectivity index (χ3v) is 7.68. The summed E-state index contributed by atoms with van der Waals surface area (Å²) in [6.07, 6.45) is 6.59. The first-order chi connectivity index (χ1) is 15.8. The van der Waals surface area contributed by atoms with Crippen molar-refractivity contribution in [2.24, 2.45) is 0 Å². The number of nitrogens with one attached hydrogen (secondary N) is 1. The van der Waals surface area contributed by atoms with E-state index in [-0.39, 0.29) is 27.6 Å². The van der Waals surface area contributed by atoms with Crippen LogP contribution < -0.4 is 4.72 Å². The monoisotopic (exact) mass is 483 g/mol. The first-order valence-electron chi connectivity index (χ1n) is 10.1. The molecule has 10 heteroatoms. The number of rotatable bonds is 7. The molecule has 2 aromatic heterocycles. The van der Waals surface area contributed by atoms with Crippen LogP contribution in [0, 0.1) is 5.82 Å². The molecule has 5 rings (SSSR count). The molecule has 1 aliphatic carbocycles. The van der Waals surface area contributed by atoms with Crippen LogP contribution in [0.4, 0.5) is 10.1 Å². The zero-order valence-corrected chi connectivity index (χ0v) is 18.7. The van der Waals surface area contributed by atoms with Crippen LogP contribution in [0.25, 0.3) is 16.1 Å². The number of anilines is 1. The average Bonchev–Trinajstić information content (AvgIpc) is 3.24. The Morgan fingerprint density at radius 1 is 1.15 bits per heavy atom. The zero-order chi connectivity index (χ0) is 23.2. The molecule has 0 amide bonds. The topological polar surface area (TPSA) is 101 Å². The number of carboxylic acids is 1. The summed E-state index contributed by atoms with van der Waals surface area (Å²) in [5, 5.41) is 9.39. The van der Waals surface area contributed by atoms with Crippen molar-refractivity contribution in [2.75, 3.05) is 4.72 Å². The maximum Gasteiger partial charge on any atom is 0.335 e. The van der Waals surface area contributed by atoms with Gasteiger partial charge in [-0.1, -0.05) is 6.07 Å². The Balaban J connectivity index is 1.65. The summed E-state index contributed by atoms with van der Waals surface area (Å²) in [4.78, 5) is 12.0. The molecule has 1 aliphatic rings. The number of hydrogen-bond acceptors (Lipinski definition) is 5. The number of hydrogen-bond donors (Lipinski definition) is 2. The predicted octanol–water partition coefficient (Wildman–Crippen LogP) is 5.12. The lowest BCUT2D eigenvalue weighted by molar-refractivity contribution is 0.0696. The van der Waals surface area contributed by atoms with Gasteiger partial charge in [0.1, 0.15) is 5.82 Å². The molecule has 4 aromatic rings. The third kappa shape index (κ3) is 4.14. The summed E-state index contributed by atoms with van der Waals surface area (Å²) in [5.74, 6) is -1.65. The minimum atomic E-state index is -4.18. The van der Waals surface area contributed by atoms with Crippen molar-refractivity contribution in [1.29, 1.82) is 0 Å². The summed E-state index contributed by atoms with van der Waals surface area (Å²) < 4.78 is 50.2. The maximum absolute atomic E-state index is 15.0. The van der Waals surface area contributed by atoms with E-state index < -0.39 is 21.8 Å². The minimum absolute atomic E-state index is 0.0734. The molecule has 0 radical (unpaired) electrons. The second kappa shape index (κ2) is 8.13. The van der Waals surface area contributed by atoms with Crippen LogP contribution in [0.1, 0.15) is 34.7 Å². The fourth-order valence-corrected chi connectivity index (χ4v) is 5.73. The van der Waals surface area contributed by atoms with Crippen LogP contribution in [-0.4, -0.2) is 28.4 Å². The molecule has 168 valence electrons. The molecule has 1 fully saturated rings. The first-order valence-corrected chi connectivity index (χ1v) is 12.4. The molecule has 2 heterocycles. The summed E-state index contributed by atoms with van der Waals surface area (Å²) >= 11 is 1.10. The van der Waals surface area contributed by atoms with E-state index >= 15 is 0 Å². The number of sulfonamides is 1. The number of aromatic nitrogens is 2. The van der Waals surface area contributed by atoms with Gasteiger partial charge in [0.25, 0.3) is 10.0 Å². The van der Waals surface area contributed by atoms with E-state index in [0.717, 1.165) is 24.4 Å². The number of halogens is 1. The quantitative estimate of drug-likeness (QED) is 0.380. The lowest BCUT2D eigenvalue weighted by Crippen LogP contribution is -2.17. The molecule has 1 saturated carbocycles. The SMILES string of the molecule is O=C(O)c1ccc(C2CC2)c(S(=O)(=O)Nc2cc(-c3ccns3)c(F)cc2-n2cccc2)c1. The number of benzene rings is 2. The normalized spacial score (nSPS) is 13.7. The molecule has 0 bridgehead atoms. The van der Waals surface area contributed by atoms with Crippen LogP contribution >= 0.6 is 11.5 Å². The van der Waals surface area contributed by atoms with Crippen molar-refractivity contribution in [3.63, 3.8) is 0 Å². The molecular weight excluding hydrogens is 465 g/mol. The fraction of sp³-hybridized carbons (Fsp3) is 0.130. The Bertz CT molecular complexity index is 1450. The van der Waals surface area contributed by atoms with E-state index in [1.54, 1.807) is 47.4 Å². The van der Waals surface area contributed by atoms with E-state index in [2.05, 4.69) is 9.10 Å². The standard InChI is InChI=1S/C23H18FN3O4S2/c24-18-13-20(27-9-1-2-10-27)19(12-17(18)21-7-8-25-32-21)26-33(30,31)22-11-15(23(28)29)5-6-16(22)14-3-4-14/h1-2,5-14,26H,3-4H2,(H,28,29). The van der Waals surface area contributed by atoms with E-state index in [4.69, 9.17) is 0 Å². The smallest absolute Gasteiger partial charge is 0.335 e. The van der Waals surface area contributed by atoms with Crippen molar-refractivity contribution in [3.05, 3.63) is 84.1 Å². The number of nitrogens with zero attached hydrogens (tertiary/aromatic N) is 2. The highest BCUT2D eigenvalue weighted by atomic mass is 32.2. The molecule has 0 unspecified atom stereocenters. The summed E-state index contributed by atoms with van der Waals surface area (Å²) in [6, 6.07) is 12.0. The lowest BCUT2D eigenvalue weighted by atomic mass is 10.1. The van der Waals surface area contributed by atoms with Crippen LogP contribution in [-0.2, 0) is 10.0 Å². The second-order valence-corrected chi connectivity index (χ2v) is 10.2. The zero-order valence-electron chi connectivity index (χ0n) is 17.1. The highest BCUT2D eigenvalue weighted by Gasteiger charge is 2.32. The Kier molecular flexibility index (Phi) is 5.26. The second-order valence-electron chi connectivity index (χ2n) is 7.75. The molecule has 33 heavy (non-hydrogen) atoms. The largest absolute Gasteiger partial charge is 0.478 e. The Hall–Kier alpha value is -3.50. The van der Waals surface area contributed by atoms with Crippen molar-refractivity contribution < 1.29 is 22.7 Å². The Morgan fingerprint density at radius 2 is 1.91 bits per heavy atom. The van der Waals surface area contributed by atoms with Gasteiger partial charge in [-0.15, -0.1) is 0 Å². The van der Waals surface area contributed by atoms with Gasteiger partial charge >= 0.3 is 5.97 Å². The highest BCUT2D eigenvalue weighted by molar-refractivity contribution is 7.92. The maximum atomic E-state index is 15.0. The Morgan fingerprint density at radius 3 is 2.55 bits per heavy atom. The molecular formula is C23H18FN3O4S2. The fourth-order valence-electron chi connectivity index (χ4n) is 3.73. The van der Waals surface area contributed by atoms with Crippen LogP contribution in [0.5, 0.6) is 0 Å². The Labute approximate surface area is 193 Å². The van der Waals surface area contributed by atoms with Crippen molar-refractivity contribution in [3.8, 4) is 16.1 Å². The van der Waals surface area contributed by atoms with E-state index in [9.17, 15) is 22.7 Å². The van der Waals surface area contributed by atoms with Gasteiger partial charge in [0.05, 0.1) is 26.7 Å². The summed E-state index contributed by atoms with van der Waals surface area (Å²) in [7, 11) is -4.18. The predicted molar refractivity (Wildman–Crippen MR) is 123 cm³/mol. The lowest BCUT2D eigenvalue weighted by Gasteiger charge is -2.17. The third-order valence-electron chi connectivity index (χ3n) is 5.48. The van der Waals surface area contributed by atoms with Gasteiger partial charge in [0.2, 0.25) is 0 Å². The van der Waals surface area contributed by atoms with E-state index in [1.807, 2.05) is 0 Å². The molecule has 2 N–H and O–H groups in total. The van der Waals surface area contributed by atoms with Gasteiger partial charge < -0.3 is 9.67 Å². The van der Waals surface area contributed by atoms with Gasteiger partial charge in [0.15, 0.2) is 0 Å². The number of carboxylic acid groups (broad SMARTS) is 1. The van der Waals surface area contributed by atoms with E-state index in [0.29, 0.717) is 16.1 Å². The highest BCUT2D eigenvalue weighted by Crippen LogP contribution is 2.43. The number of carbonyl (C=O) groups is 1.